The summed E-state index contributed by atoms with van der Waals surface area (Å²) in [5.74, 6) is -0.928. The highest BCUT2D eigenvalue weighted by atomic mass is 16.5. The van der Waals surface area contributed by atoms with Gasteiger partial charge in [-0.05, 0) is 54.3 Å². The van der Waals surface area contributed by atoms with Gasteiger partial charge < -0.3 is 24.6 Å². The van der Waals surface area contributed by atoms with Gasteiger partial charge in [0, 0.05) is 19.2 Å². The van der Waals surface area contributed by atoms with Crippen molar-refractivity contribution < 1.29 is 29.3 Å². The number of benzene rings is 2. The van der Waals surface area contributed by atoms with Crippen LogP contribution in [-0.2, 0) is 20.7 Å². The molecule has 4 rings (SSSR count). The zero-order chi connectivity index (χ0) is 21.3. The predicted molar refractivity (Wildman–Crippen MR) is 109 cm³/mol. The number of rotatable bonds is 5. The van der Waals surface area contributed by atoms with E-state index in [1.165, 1.54) is 24.1 Å². The molecule has 1 fully saturated rings. The van der Waals surface area contributed by atoms with E-state index in [0.29, 0.717) is 17.7 Å². The minimum Gasteiger partial charge on any atom is -0.508 e. The van der Waals surface area contributed by atoms with Crippen molar-refractivity contribution in [3.05, 3.63) is 64.7 Å². The van der Waals surface area contributed by atoms with E-state index in [1.54, 1.807) is 30.3 Å². The molecule has 0 bridgehead atoms. The van der Waals surface area contributed by atoms with Gasteiger partial charge in [0.15, 0.2) is 0 Å². The van der Waals surface area contributed by atoms with Crippen molar-refractivity contribution in [1.82, 2.24) is 4.90 Å². The summed E-state index contributed by atoms with van der Waals surface area (Å²) < 4.78 is 10.7. The Balaban J connectivity index is 1.84. The number of carbonyl (C=O) groups is 2. The van der Waals surface area contributed by atoms with Crippen molar-refractivity contribution in [2.45, 2.75) is 18.9 Å². The zero-order valence-electron chi connectivity index (χ0n) is 16.6. The summed E-state index contributed by atoms with van der Waals surface area (Å²) in [6, 6.07) is 10.8. The third-order valence-corrected chi connectivity index (χ3v) is 5.44. The first-order valence-corrected chi connectivity index (χ1v) is 9.83. The van der Waals surface area contributed by atoms with Gasteiger partial charge in [0.25, 0.3) is 11.7 Å². The molecule has 2 aliphatic rings. The molecule has 2 N–H and O–H groups in total. The Kier molecular flexibility index (Phi) is 5.46. The zero-order valence-corrected chi connectivity index (χ0v) is 16.6. The first kappa shape index (κ1) is 20.0. The number of carbonyl (C=O) groups excluding carboxylic acids is 2. The fourth-order valence-corrected chi connectivity index (χ4v) is 4.00. The van der Waals surface area contributed by atoms with Gasteiger partial charge >= 0.3 is 0 Å². The first-order valence-electron chi connectivity index (χ1n) is 9.83. The summed E-state index contributed by atoms with van der Waals surface area (Å²) in [4.78, 5) is 27.0. The first-order chi connectivity index (χ1) is 14.5. The van der Waals surface area contributed by atoms with Gasteiger partial charge in [-0.1, -0.05) is 12.1 Å². The molecular weight excluding hydrogens is 386 g/mol. The molecule has 2 aliphatic heterocycles. The van der Waals surface area contributed by atoms with E-state index in [-0.39, 0.29) is 30.2 Å². The maximum atomic E-state index is 12.9. The number of ether oxygens (including phenoxy) is 2. The molecule has 0 saturated carbocycles. The highest BCUT2D eigenvalue weighted by Gasteiger charge is 2.46. The van der Waals surface area contributed by atoms with E-state index in [4.69, 9.17) is 9.47 Å². The number of hydrogen-bond donors (Lipinski definition) is 2. The lowest BCUT2D eigenvalue weighted by molar-refractivity contribution is -0.140. The maximum absolute atomic E-state index is 12.9. The van der Waals surface area contributed by atoms with Crippen molar-refractivity contribution in [2.24, 2.45) is 0 Å². The molecule has 2 heterocycles. The van der Waals surface area contributed by atoms with E-state index >= 15 is 0 Å². The number of phenols is 1. The molecule has 0 radical (unpaired) electrons. The highest BCUT2D eigenvalue weighted by molar-refractivity contribution is 6.46. The number of hydrogen-bond acceptors (Lipinski definition) is 6. The number of likely N-dealkylation sites (tertiary alicyclic amines) is 1. The van der Waals surface area contributed by atoms with Crippen molar-refractivity contribution in [3.63, 3.8) is 0 Å². The number of amides is 1. The molecule has 1 amide bonds. The summed E-state index contributed by atoms with van der Waals surface area (Å²) in [6.45, 7) is 1.06. The van der Waals surface area contributed by atoms with Crippen LogP contribution in [-0.4, -0.2) is 53.7 Å². The summed E-state index contributed by atoms with van der Waals surface area (Å²) in [5, 5.41) is 21.0. The van der Waals surface area contributed by atoms with E-state index in [1.807, 2.05) is 0 Å². The minimum atomic E-state index is -0.820. The Morgan fingerprint density at radius 3 is 2.83 bits per heavy atom. The van der Waals surface area contributed by atoms with Crippen LogP contribution in [0, 0.1) is 0 Å². The molecular formula is C23H23NO6. The Bertz CT molecular complexity index is 1030. The molecule has 1 unspecified atom stereocenters. The number of phenolic OH excluding ortho intramolecular Hbond substituents is 1. The van der Waals surface area contributed by atoms with Crippen LogP contribution in [0.4, 0.5) is 0 Å². The lowest BCUT2D eigenvalue weighted by Crippen LogP contribution is -2.32. The van der Waals surface area contributed by atoms with Gasteiger partial charge in [0.1, 0.15) is 17.3 Å². The lowest BCUT2D eigenvalue weighted by atomic mass is 9.94. The number of aliphatic hydroxyl groups excluding tert-OH is 1. The maximum Gasteiger partial charge on any atom is 0.295 e. The Labute approximate surface area is 174 Å². The van der Waals surface area contributed by atoms with Crippen molar-refractivity contribution in [3.8, 4) is 11.5 Å². The summed E-state index contributed by atoms with van der Waals surface area (Å²) in [6.07, 6.45) is 1.69. The summed E-state index contributed by atoms with van der Waals surface area (Å²) in [7, 11) is 1.51. The number of aliphatic hydroxyl groups is 1. The number of nitrogens with zero attached hydrogens (tertiary/aromatic N) is 1. The standard InChI is InChI=1S/C23H23NO6/c1-29-11-9-24-20(15-4-2-6-17(25)13-15)19(22(27)23(24)28)21(26)16-7-8-18-14(12-16)5-3-10-30-18/h2,4,6-8,12-13,20,25-26H,3,5,9-11H2,1H3/b21-19-. The van der Waals surface area contributed by atoms with Crippen LogP contribution in [0.3, 0.4) is 0 Å². The average Bonchev–Trinajstić information content (AvgIpc) is 3.01. The second kappa shape index (κ2) is 8.20. The third-order valence-electron chi connectivity index (χ3n) is 5.44. The monoisotopic (exact) mass is 409 g/mol. The van der Waals surface area contributed by atoms with Crippen LogP contribution in [0.15, 0.2) is 48.0 Å². The Morgan fingerprint density at radius 2 is 2.07 bits per heavy atom. The van der Waals surface area contributed by atoms with Crippen LogP contribution in [0.5, 0.6) is 11.5 Å². The number of ketones is 1. The summed E-state index contributed by atoms with van der Waals surface area (Å²) >= 11 is 0. The Morgan fingerprint density at radius 1 is 1.23 bits per heavy atom. The summed E-state index contributed by atoms with van der Waals surface area (Å²) in [5.41, 5.74) is 1.94. The topological polar surface area (TPSA) is 96.3 Å². The van der Waals surface area contributed by atoms with Crippen molar-refractivity contribution in [1.29, 1.82) is 0 Å². The molecule has 2 aromatic carbocycles. The lowest BCUT2D eigenvalue weighted by Gasteiger charge is -2.25. The molecule has 0 aromatic heterocycles. The molecule has 2 aromatic rings. The minimum absolute atomic E-state index is 0.00150. The SMILES string of the molecule is COCCN1C(=O)C(=O)/C(=C(\O)c2ccc3c(c2)CCCO3)C1c1cccc(O)c1. The number of methoxy groups -OCH3 is 1. The van der Waals surface area contributed by atoms with Gasteiger partial charge in [-0.3, -0.25) is 9.59 Å². The molecule has 1 saturated heterocycles. The second-order valence-corrected chi connectivity index (χ2v) is 7.35. The fraction of sp³-hybridized carbons (Fsp3) is 0.304. The number of Topliss-reactive ketones (excluding diaryl/α,β-unsaturated/α-hetero) is 1. The predicted octanol–water partition coefficient (Wildman–Crippen LogP) is 2.79. The molecule has 0 spiro atoms. The van der Waals surface area contributed by atoms with Gasteiger partial charge in [0.2, 0.25) is 0 Å². The van der Waals surface area contributed by atoms with Crippen LogP contribution < -0.4 is 4.74 Å². The largest absolute Gasteiger partial charge is 0.508 e. The van der Waals surface area contributed by atoms with E-state index in [2.05, 4.69) is 0 Å². The van der Waals surface area contributed by atoms with E-state index < -0.39 is 17.7 Å². The molecule has 0 aliphatic carbocycles. The smallest absolute Gasteiger partial charge is 0.295 e. The van der Waals surface area contributed by atoms with Gasteiger partial charge in [0.05, 0.1) is 24.8 Å². The highest BCUT2D eigenvalue weighted by Crippen LogP contribution is 2.40. The molecule has 1 atom stereocenters. The fourth-order valence-electron chi connectivity index (χ4n) is 4.00. The van der Waals surface area contributed by atoms with Crippen molar-refractivity contribution >= 4 is 17.4 Å². The van der Waals surface area contributed by atoms with Crippen LogP contribution in [0.25, 0.3) is 5.76 Å². The normalized spacial score (nSPS) is 20.2. The quantitative estimate of drug-likeness (QED) is 0.448. The van der Waals surface area contributed by atoms with E-state index in [9.17, 15) is 19.8 Å². The van der Waals surface area contributed by atoms with Crippen LogP contribution in [0.2, 0.25) is 0 Å². The van der Waals surface area contributed by atoms with Crippen molar-refractivity contribution in [2.75, 3.05) is 26.9 Å². The Hall–Kier alpha value is -3.32. The molecule has 7 nitrogen and oxygen atoms in total. The molecule has 30 heavy (non-hydrogen) atoms. The van der Waals surface area contributed by atoms with Gasteiger partial charge in [-0.2, -0.15) is 0 Å². The van der Waals surface area contributed by atoms with Crippen LogP contribution in [0.1, 0.15) is 29.2 Å². The number of aromatic hydroxyl groups is 1. The van der Waals surface area contributed by atoms with E-state index in [0.717, 1.165) is 24.2 Å². The number of fused-ring (bicyclic) bond motifs is 1. The average molecular weight is 409 g/mol. The third kappa shape index (κ3) is 3.52. The molecule has 7 heteroatoms. The number of aryl methyl sites for hydroxylation is 1. The van der Waals surface area contributed by atoms with Crippen LogP contribution >= 0.6 is 0 Å². The van der Waals surface area contributed by atoms with Gasteiger partial charge in [-0.25, -0.2) is 0 Å². The second-order valence-electron chi connectivity index (χ2n) is 7.35. The molecule has 156 valence electrons. The van der Waals surface area contributed by atoms with Gasteiger partial charge in [-0.15, -0.1) is 0 Å².